The van der Waals surface area contributed by atoms with E-state index in [-0.39, 0.29) is 30.5 Å². The zero-order valence-corrected chi connectivity index (χ0v) is 17.8. The van der Waals surface area contributed by atoms with Crippen molar-refractivity contribution in [2.24, 2.45) is 5.92 Å². The molecule has 1 aliphatic heterocycles. The number of nitrogens with zero attached hydrogens (tertiary/aromatic N) is 1. The second-order valence-electron chi connectivity index (χ2n) is 9.05. The van der Waals surface area contributed by atoms with Gasteiger partial charge in [0.1, 0.15) is 0 Å². The average molecular weight is 397 g/mol. The van der Waals surface area contributed by atoms with Crippen molar-refractivity contribution in [3.63, 3.8) is 0 Å². The minimum absolute atomic E-state index is 0.0302. The summed E-state index contributed by atoms with van der Waals surface area (Å²) in [7, 11) is 0. The van der Waals surface area contributed by atoms with Crippen molar-refractivity contribution >= 4 is 11.5 Å². The molecule has 4 rings (SSSR count). The topological polar surface area (TPSA) is 52.6 Å². The molecule has 2 fully saturated rings. The molecule has 0 spiro atoms. The van der Waals surface area contributed by atoms with Gasteiger partial charge in [0.15, 0.2) is 0 Å². The van der Waals surface area contributed by atoms with Gasteiger partial charge in [0.25, 0.3) is 0 Å². The highest BCUT2D eigenvalue weighted by molar-refractivity contribution is 5.78. The number of benzene rings is 1. The Morgan fingerprint density at radius 1 is 1.10 bits per heavy atom. The number of aliphatic hydroxyl groups is 1. The Morgan fingerprint density at radius 3 is 2.48 bits per heavy atom. The Bertz CT molecular complexity index is 721. The maximum atomic E-state index is 12.6. The molecule has 3 aliphatic rings. The van der Waals surface area contributed by atoms with E-state index in [9.17, 15) is 9.90 Å². The summed E-state index contributed by atoms with van der Waals surface area (Å²) < 4.78 is 0. The Labute approximate surface area is 175 Å². The molecule has 2 aliphatic carbocycles. The molecule has 1 heterocycles. The fourth-order valence-corrected chi connectivity index (χ4v) is 5.67. The zero-order chi connectivity index (χ0) is 20.2. The summed E-state index contributed by atoms with van der Waals surface area (Å²) in [5.74, 6) is 1.15. The molecule has 0 radical (unpaired) electrons. The van der Waals surface area contributed by atoms with Crippen LogP contribution in [0, 0.1) is 5.92 Å². The van der Waals surface area contributed by atoms with Crippen LogP contribution in [0.5, 0.6) is 0 Å². The summed E-state index contributed by atoms with van der Waals surface area (Å²) in [6.45, 7) is 3.81. The van der Waals surface area contributed by atoms with Crippen LogP contribution >= 0.6 is 0 Å². The maximum absolute atomic E-state index is 12.6. The minimum atomic E-state index is -0.0997. The van der Waals surface area contributed by atoms with Crippen molar-refractivity contribution in [3.8, 4) is 0 Å². The lowest BCUT2D eigenvalue weighted by Crippen LogP contribution is -2.68. The predicted molar refractivity (Wildman–Crippen MR) is 118 cm³/mol. The molecule has 29 heavy (non-hydrogen) atoms. The quantitative estimate of drug-likeness (QED) is 0.696. The van der Waals surface area contributed by atoms with Crippen molar-refractivity contribution < 1.29 is 9.90 Å². The van der Waals surface area contributed by atoms with Gasteiger partial charge in [0, 0.05) is 18.9 Å². The molecule has 4 heteroatoms. The third kappa shape index (κ3) is 4.29. The first-order valence-corrected chi connectivity index (χ1v) is 11.6. The number of aliphatic hydroxyl groups excluding tert-OH is 1. The van der Waals surface area contributed by atoms with Crippen LogP contribution < -0.4 is 5.32 Å². The van der Waals surface area contributed by atoms with Crippen LogP contribution in [-0.4, -0.2) is 47.7 Å². The number of nitrogens with one attached hydrogen (secondary N) is 1. The Balaban J connectivity index is 1.47. The van der Waals surface area contributed by atoms with E-state index < -0.39 is 0 Å². The van der Waals surface area contributed by atoms with Crippen LogP contribution in [0.15, 0.2) is 30.3 Å². The van der Waals surface area contributed by atoms with Gasteiger partial charge < -0.3 is 15.3 Å². The van der Waals surface area contributed by atoms with Crippen molar-refractivity contribution in [1.29, 1.82) is 0 Å². The van der Waals surface area contributed by atoms with Gasteiger partial charge in [0.05, 0.1) is 18.7 Å². The molecule has 1 aromatic rings. The second kappa shape index (κ2) is 9.44. The minimum Gasteiger partial charge on any atom is -0.394 e. The summed E-state index contributed by atoms with van der Waals surface area (Å²) in [5.41, 5.74) is 4.03. The highest BCUT2D eigenvalue weighted by Gasteiger charge is 2.50. The smallest absolute Gasteiger partial charge is 0.222 e. The van der Waals surface area contributed by atoms with Gasteiger partial charge >= 0.3 is 0 Å². The summed E-state index contributed by atoms with van der Waals surface area (Å²) in [6.07, 6.45) is 11.8. The number of likely N-dealkylation sites (tertiary alicyclic amines) is 1. The molecule has 0 unspecified atom stereocenters. The van der Waals surface area contributed by atoms with Crippen molar-refractivity contribution in [2.45, 2.75) is 76.3 Å². The third-order valence-corrected chi connectivity index (χ3v) is 7.29. The molecule has 158 valence electrons. The number of rotatable bonds is 8. The van der Waals surface area contributed by atoms with Gasteiger partial charge in [0.2, 0.25) is 5.91 Å². The third-order valence-electron chi connectivity index (χ3n) is 7.29. The summed E-state index contributed by atoms with van der Waals surface area (Å²) in [4.78, 5) is 14.5. The molecule has 1 saturated heterocycles. The van der Waals surface area contributed by atoms with Crippen molar-refractivity contribution in [2.75, 3.05) is 19.7 Å². The standard InChI is InChI=1S/C25H36N2O2/c1-2-24(29)27-22(16-26-15-18-7-3-4-8-18)25(23(27)17-28)21-13-11-20(12-14-21)19-9-5-6-10-19/h9,11-14,18,22-23,25-26,28H,2-8,10,15-17H2,1H3/t22-,23-,25-/m1/s1. The Kier molecular flexibility index (Phi) is 6.71. The van der Waals surface area contributed by atoms with Gasteiger partial charge in [-0.1, -0.05) is 50.1 Å². The first-order valence-electron chi connectivity index (χ1n) is 11.6. The van der Waals surface area contributed by atoms with Gasteiger partial charge in [-0.2, -0.15) is 0 Å². The van der Waals surface area contributed by atoms with Crippen molar-refractivity contribution in [3.05, 3.63) is 41.5 Å². The van der Waals surface area contributed by atoms with E-state index in [2.05, 4.69) is 35.7 Å². The van der Waals surface area contributed by atoms with E-state index in [1.54, 1.807) is 0 Å². The van der Waals surface area contributed by atoms with E-state index in [4.69, 9.17) is 0 Å². The normalized spacial score (nSPS) is 27.2. The highest BCUT2D eigenvalue weighted by atomic mass is 16.3. The maximum Gasteiger partial charge on any atom is 0.222 e. The molecular weight excluding hydrogens is 360 g/mol. The summed E-state index contributed by atoms with van der Waals surface area (Å²) in [5, 5.41) is 13.7. The Hall–Kier alpha value is -1.65. The molecular formula is C25H36N2O2. The van der Waals surface area contributed by atoms with E-state index >= 15 is 0 Å². The van der Waals surface area contributed by atoms with Crippen LogP contribution in [-0.2, 0) is 4.79 Å². The fraction of sp³-hybridized carbons (Fsp3) is 0.640. The van der Waals surface area contributed by atoms with Gasteiger partial charge in [-0.15, -0.1) is 0 Å². The molecule has 1 amide bonds. The number of carbonyl (C=O) groups excluding carboxylic acids is 1. The first-order chi connectivity index (χ1) is 14.2. The van der Waals surface area contributed by atoms with Gasteiger partial charge in [-0.3, -0.25) is 4.79 Å². The molecule has 0 aromatic heterocycles. The lowest BCUT2D eigenvalue weighted by molar-refractivity contribution is -0.150. The van der Waals surface area contributed by atoms with Crippen LogP contribution in [0.4, 0.5) is 0 Å². The van der Waals surface area contributed by atoms with E-state index in [1.807, 2.05) is 11.8 Å². The molecule has 0 bridgehead atoms. The fourth-order valence-electron chi connectivity index (χ4n) is 5.67. The lowest BCUT2D eigenvalue weighted by atomic mass is 9.74. The number of carbonyl (C=O) groups is 1. The molecule has 1 aromatic carbocycles. The zero-order valence-electron chi connectivity index (χ0n) is 17.8. The summed E-state index contributed by atoms with van der Waals surface area (Å²) in [6, 6.07) is 8.94. The Morgan fingerprint density at radius 2 is 1.86 bits per heavy atom. The largest absolute Gasteiger partial charge is 0.394 e. The van der Waals surface area contributed by atoms with Gasteiger partial charge in [-0.25, -0.2) is 0 Å². The van der Waals surface area contributed by atoms with Crippen molar-refractivity contribution in [1.82, 2.24) is 10.2 Å². The number of amides is 1. The van der Waals surface area contributed by atoms with Crippen LogP contribution in [0.3, 0.4) is 0 Å². The van der Waals surface area contributed by atoms with Gasteiger partial charge in [-0.05, 0) is 61.3 Å². The molecule has 4 nitrogen and oxygen atoms in total. The van der Waals surface area contributed by atoms with E-state index in [0.717, 1.165) is 19.0 Å². The van der Waals surface area contributed by atoms with Crippen LogP contribution in [0.25, 0.3) is 5.57 Å². The van der Waals surface area contributed by atoms with E-state index in [0.29, 0.717) is 6.42 Å². The first kappa shape index (κ1) is 20.6. The predicted octanol–water partition coefficient (Wildman–Crippen LogP) is 4.10. The van der Waals surface area contributed by atoms with E-state index in [1.165, 1.54) is 61.6 Å². The average Bonchev–Trinajstić information content (AvgIpc) is 3.44. The lowest BCUT2D eigenvalue weighted by Gasteiger charge is -2.55. The number of hydrogen-bond acceptors (Lipinski definition) is 3. The monoisotopic (exact) mass is 396 g/mol. The summed E-state index contributed by atoms with van der Waals surface area (Å²) >= 11 is 0. The second-order valence-corrected chi connectivity index (χ2v) is 9.05. The molecule has 3 atom stereocenters. The van der Waals surface area contributed by atoms with Crippen LogP contribution in [0.2, 0.25) is 0 Å². The SMILES string of the molecule is CCC(=O)N1[C@H](CO)[C@H](c2ccc(C3=CCCC3)cc2)[C@H]1CNCC1CCCC1. The van der Waals surface area contributed by atoms with Crippen LogP contribution in [0.1, 0.15) is 75.3 Å². The molecule has 1 saturated carbocycles. The number of hydrogen-bond donors (Lipinski definition) is 2. The number of allylic oxidation sites excluding steroid dienone is 2. The highest BCUT2D eigenvalue weighted by Crippen LogP contribution is 2.41. The molecule has 2 N–H and O–H groups in total.